The highest BCUT2D eigenvalue weighted by atomic mass is 35.5. The number of carbonyl (C=O) groups is 2. The molecule has 6 nitrogen and oxygen atoms in total. The Bertz CT molecular complexity index is 592. The van der Waals surface area contributed by atoms with Crippen LogP contribution in [-0.4, -0.2) is 53.3 Å². The standard InChI is InChI=1S/C18H28ClNO.C2H2O4/c1-14-6-9-20(10-7-14)8-4-5-11-21-18-16(3)12-15(2)13-17(18)19;3-1(4)2(5)6/h12-14H,4-11H2,1-3H3;(H,3,4)(H,5,6). The average molecular weight is 400 g/mol. The molecule has 0 atom stereocenters. The zero-order valence-electron chi connectivity index (χ0n) is 16.3. The maximum Gasteiger partial charge on any atom is 0.414 e. The second-order valence-electron chi connectivity index (χ2n) is 7.08. The summed E-state index contributed by atoms with van der Waals surface area (Å²) < 4.78 is 5.88. The minimum Gasteiger partial charge on any atom is -0.492 e. The summed E-state index contributed by atoms with van der Waals surface area (Å²) in [7, 11) is 0. The highest BCUT2D eigenvalue weighted by molar-refractivity contribution is 6.32. The molecule has 152 valence electrons. The molecule has 2 N–H and O–H groups in total. The Labute approximate surface area is 166 Å². The molecule has 0 bridgehead atoms. The molecule has 1 heterocycles. The number of aryl methyl sites for hydroxylation is 2. The fourth-order valence-corrected chi connectivity index (χ4v) is 3.36. The molecule has 1 aliphatic rings. The molecular formula is C20H30ClNO5. The van der Waals surface area contributed by atoms with Crippen LogP contribution in [0.1, 0.15) is 43.7 Å². The summed E-state index contributed by atoms with van der Waals surface area (Å²) in [6.45, 7) is 11.0. The lowest BCUT2D eigenvalue weighted by atomic mass is 9.99. The Morgan fingerprint density at radius 1 is 1.15 bits per heavy atom. The van der Waals surface area contributed by atoms with Crippen LogP contribution in [0.4, 0.5) is 0 Å². The van der Waals surface area contributed by atoms with E-state index in [0.29, 0.717) is 0 Å². The van der Waals surface area contributed by atoms with Gasteiger partial charge in [0, 0.05) is 0 Å². The van der Waals surface area contributed by atoms with Crippen LogP contribution < -0.4 is 4.74 Å². The summed E-state index contributed by atoms with van der Waals surface area (Å²) >= 11 is 6.25. The lowest BCUT2D eigenvalue weighted by molar-refractivity contribution is -0.159. The van der Waals surface area contributed by atoms with Gasteiger partial charge in [-0.05, 0) is 82.3 Å². The number of hydrogen-bond donors (Lipinski definition) is 2. The van der Waals surface area contributed by atoms with Crippen molar-refractivity contribution in [2.24, 2.45) is 5.92 Å². The normalized spacial score (nSPS) is 15.0. The predicted octanol–water partition coefficient (Wildman–Crippen LogP) is 4.00. The van der Waals surface area contributed by atoms with Crippen LogP contribution in [0.25, 0.3) is 0 Å². The third-order valence-corrected chi connectivity index (χ3v) is 4.83. The fourth-order valence-electron chi connectivity index (χ4n) is 2.98. The minimum absolute atomic E-state index is 0.734. The van der Waals surface area contributed by atoms with E-state index in [1.54, 1.807) is 0 Å². The van der Waals surface area contributed by atoms with Crippen molar-refractivity contribution >= 4 is 23.5 Å². The molecule has 1 aromatic rings. The monoisotopic (exact) mass is 399 g/mol. The molecule has 1 saturated heterocycles. The Morgan fingerprint density at radius 2 is 1.74 bits per heavy atom. The van der Waals surface area contributed by atoms with Crippen molar-refractivity contribution in [1.82, 2.24) is 4.90 Å². The smallest absolute Gasteiger partial charge is 0.414 e. The Kier molecular flexibility index (Phi) is 10.2. The summed E-state index contributed by atoms with van der Waals surface area (Å²) in [5, 5.41) is 15.5. The first kappa shape index (κ1) is 23.2. The lowest BCUT2D eigenvalue weighted by Gasteiger charge is -2.30. The van der Waals surface area contributed by atoms with Gasteiger partial charge >= 0.3 is 11.9 Å². The molecule has 0 unspecified atom stereocenters. The average Bonchev–Trinajstić information content (AvgIpc) is 2.58. The predicted molar refractivity (Wildman–Crippen MR) is 106 cm³/mol. The molecule has 0 radical (unpaired) electrons. The van der Waals surface area contributed by atoms with Gasteiger partial charge in [0.15, 0.2) is 0 Å². The summed E-state index contributed by atoms with van der Waals surface area (Å²) in [6, 6.07) is 4.09. The molecule has 27 heavy (non-hydrogen) atoms. The Hall–Kier alpha value is -1.79. The molecule has 0 aromatic heterocycles. The van der Waals surface area contributed by atoms with Gasteiger partial charge in [-0.2, -0.15) is 0 Å². The third-order valence-electron chi connectivity index (χ3n) is 4.55. The van der Waals surface area contributed by atoms with E-state index in [9.17, 15) is 0 Å². The number of halogens is 1. The van der Waals surface area contributed by atoms with Crippen molar-refractivity contribution < 1.29 is 24.5 Å². The number of carboxylic acids is 2. The van der Waals surface area contributed by atoms with Gasteiger partial charge in [-0.3, -0.25) is 0 Å². The fraction of sp³-hybridized carbons (Fsp3) is 0.600. The first-order valence-corrected chi connectivity index (χ1v) is 9.66. The maximum absolute atomic E-state index is 9.10. The van der Waals surface area contributed by atoms with Gasteiger partial charge in [0.1, 0.15) is 5.75 Å². The molecular weight excluding hydrogens is 370 g/mol. The van der Waals surface area contributed by atoms with Crippen LogP contribution in [0.3, 0.4) is 0 Å². The third kappa shape index (κ3) is 9.11. The van der Waals surface area contributed by atoms with Crippen molar-refractivity contribution in [3.8, 4) is 5.75 Å². The number of benzene rings is 1. The number of carboxylic acid groups (broad SMARTS) is 2. The van der Waals surface area contributed by atoms with Gasteiger partial charge in [0.25, 0.3) is 0 Å². The summed E-state index contributed by atoms with van der Waals surface area (Å²) in [5.41, 5.74) is 2.31. The van der Waals surface area contributed by atoms with Crippen molar-refractivity contribution in [3.63, 3.8) is 0 Å². The minimum atomic E-state index is -1.82. The molecule has 0 aliphatic carbocycles. The van der Waals surface area contributed by atoms with E-state index in [2.05, 4.69) is 31.7 Å². The van der Waals surface area contributed by atoms with Crippen LogP contribution in [0.2, 0.25) is 5.02 Å². The topological polar surface area (TPSA) is 87.1 Å². The molecule has 1 aliphatic heterocycles. The number of aliphatic carboxylic acids is 2. The zero-order valence-corrected chi connectivity index (χ0v) is 17.1. The number of ether oxygens (including phenoxy) is 1. The van der Waals surface area contributed by atoms with Crippen molar-refractivity contribution in [1.29, 1.82) is 0 Å². The van der Waals surface area contributed by atoms with Gasteiger partial charge in [-0.15, -0.1) is 0 Å². The summed E-state index contributed by atoms with van der Waals surface area (Å²) in [6.07, 6.45) is 5.01. The SMILES string of the molecule is Cc1cc(C)c(OCCCCN2CCC(C)CC2)c(Cl)c1.O=C(O)C(=O)O. The van der Waals surface area contributed by atoms with E-state index in [1.807, 2.05) is 6.07 Å². The number of hydrogen-bond acceptors (Lipinski definition) is 4. The lowest BCUT2D eigenvalue weighted by Crippen LogP contribution is -2.33. The van der Waals surface area contributed by atoms with E-state index in [4.69, 9.17) is 36.1 Å². The molecule has 7 heteroatoms. The van der Waals surface area contributed by atoms with E-state index >= 15 is 0 Å². The molecule has 0 amide bonds. The van der Waals surface area contributed by atoms with Crippen LogP contribution in [0.5, 0.6) is 5.75 Å². The number of unbranched alkanes of at least 4 members (excludes halogenated alkanes) is 1. The van der Waals surface area contributed by atoms with E-state index in [1.165, 1.54) is 44.5 Å². The molecule has 0 spiro atoms. The summed E-state index contributed by atoms with van der Waals surface area (Å²) in [5.74, 6) is -1.88. The molecule has 2 rings (SSSR count). The maximum atomic E-state index is 9.10. The Balaban J connectivity index is 0.000000527. The van der Waals surface area contributed by atoms with Crippen LogP contribution in [0, 0.1) is 19.8 Å². The van der Waals surface area contributed by atoms with Gasteiger partial charge in [-0.1, -0.05) is 24.6 Å². The van der Waals surface area contributed by atoms with Crippen molar-refractivity contribution in [3.05, 3.63) is 28.3 Å². The van der Waals surface area contributed by atoms with Crippen LogP contribution >= 0.6 is 11.6 Å². The zero-order chi connectivity index (χ0) is 20.4. The number of piperidine rings is 1. The highest BCUT2D eigenvalue weighted by Crippen LogP contribution is 2.29. The Morgan fingerprint density at radius 3 is 2.26 bits per heavy atom. The quantitative estimate of drug-likeness (QED) is 0.555. The van der Waals surface area contributed by atoms with Gasteiger partial charge < -0.3 is 19.8 Å². The van der Waals surface area contributed by atoms with Crippen molar-refractivity contribution in [2.75, 3.05) is 26.2 Å². The summed E-state index contributed by atoms with van der Waals surface area (Å²) in [4.78, 5) is 20.8. The van der Waals surface area contributed by atoms with E-state index in [-0.39, 0.29) is 0 Å². The first-order chi connectivity index (χ1) is 12.7. The van der Waals surface area contributed by atoms with Gasteiger partial charge in [-0.25, -0.2) is 9.59 Å². The molecule has 1 fully saturated rings. The number of rotatable bonds is 6. The van der Waals surface area contributed by atoms with E-state index in [0.717, 1.165) is 35.3 Å². The largest absolute Gasteiger partial charge is 0.492 e. The second kappa shape index (κ2) is 11.8. The van der Waals surface area contributed by atoms with Crippen LogP contribution in [0.15, 0.2) is 12.1 Å². The van der Waals surface area contributed by atoms with Gasteiger partial charge in [0.2, 0.25) is 0 Å². The molecule has 0 saturated carbocycles. The number of likely N-dealkylation sites (tertiary alicyclic amines) is 1. The second-order valence-corrected chi connectivity index (χ2v) is 7.49. The van der Waals surface area contributed by atoms with Crippen LogP contribution in [-0.2, 0) is 9.59 Å². The van der Waals surface area contributed by atoms with E-state index < -0.39 is 11.9 Å². The number of nitrogens with zero attached hydrogens (tertiary/aromatic N) is 1. The highest BCUT2D eigenvalue weighted by Gasteiger charge is 2.14. The van der Waals surface area contributed by atoms with Crippen molar-refractivity contribution in [2.45, 2.75) is 46.5 Å². The van der Waals surface area contributed by atoms with Gasteiger partial charge in [0.05, 0.1) is 11.6 Å². The first-order valence-electron chi connectivity index (χ1n) is 9.28. The molecule has 1 aromatic carbocycles.